The molecule has 0 heterocycles. The number of nitrogens with one attached hydrogen (secondary N) is 1. The average molecular weight is 315 g/mol. The van der Waals surface area contributed by atoms with E-state index in [2.05, 4.69) is 21.2 Å². The fraction of sp³-hybridized carbons (Fsp3) is 0.462. The van der Waals surface area contributed by atoms with Crippen molar-refractivity contribution in [1.82, 2.24) is 5.32 Å². The number of amides is 1. The SMILES string of the molecule is CNC(=O)CCN(C)c1ccc(Br)cc1C(C)O. The van der Waals surface area contributed by atoms with Crippen LogP contribution in [0.3, 0.4) is 0 Å². The number of hydrogen-bond donors (Lipinski definition) is 2. The van der Waals surface area contributed by atoms with Gasteiger partial charge in [-0.3, -0.25) is 4.79 Å². The second-order valence-electron chi connectivity index (χ2n) is 4.22. The summed E-state index contributed by atoms with van der Waals surface area (Å²) in [4.78, 5) is 13.2. The highest BCUT2D eigenvalue weighted by Crippen LogP contribution is 2.28. The van der Waals surface area contributed by atoms with Gasteiger partial charge >= 0.3 is 0 Å². The summed E-state index contributed by atoms with van der Waals surface area (Å²) in [5.74, 6) is 0.0116. The van der Waals surface area contributed by atoms with Gasteiger partial charge < -0.3 is 15.3 Å². The highest BCUT2D eigenvalue weighted by molar-refractivity contribution is 9.10. The number of aliphatic hydroxyl groups excluding tert-OH is 1. The summed E-state index contributed by atoms with van der Waals surface area (Å²) < 4.78 is 0.932. The van der Waals surface area contributed by atoms with Crippen LogP contribution in [0.2, 0.25) is 0 Å². The molecular weight excluding hydrogens is 296 g/mol. The smallest absolute Gasteiger partial charge is 0.221 e. The Bertz CT molecular complexity index is 421. The van der Waals surface area contributed by atoms with Crippen molar-refractivity contribution in [2.24, 2.45) is 0 Å². The Morgan fingerprint density at radius 3 is 2.78 bits per heavy atom. The number of nitrogens with zero attached hydrogens (tertiary/aromatic N) is 1. The molecule has 0 aromatic heterocycles. The molecule has 2 N–H and O–H groups in total. The molecule has 18 heavy (non-hydrogen) atoms. The zero-order valence-corrected chi connectivity index (χ0v) is 12.5. The third kappa shape index (κ3) is 3.99. The Labute approximate surface area is 116 Å². The molecule has 1 aromatic carbocycles. The zero-order chi connectivity index (χ0) is 13.7. The maximum atomic E-state index is 11.2. The van der Waals surface area contributed by atoms with E-state index >= 15 is 0 Å². The molecule has 0 fully saturated rings. The van der Waals surface area contributed by atoms with Crippen LogP contribution in [0.15, 0.2) is 22.7 Å². The lowest BCUT2D eigenvalue weighted by Gasteiger charge is -2.23. The molecule has 1 aromatic rings. The van der Waals surface area contributed by atoms with Crippen molar-refractivity contribution in [2.75, 3.05) is 25.5 Å². The third-order valence-corrected chi connectivity index (χ3v) is 3.30. The van der Waals surface area contributed by atoms with E-state index in [0.717, 1.165) is 15.7 Å². The minimum atomic E-state index is -0.542. The zero-order valence-electron chi connectivity index (χ0n) is 10.9. The number of hydrogen-bond acceptors (Lipinski definition) is 3. The Morgan fingerprint density at radius 2 is 2.22 bits per heavy atom. The van der Waals surface area contributed by atoms with Crippen molar-refractivity contribution in [1.29, 1.82) is 0 Å². The van der Waals surface area contributed by atoms with Crippen molar-refractivity contribution in [3.05, 3.63) is 28.2 Å². The molecule has 0 aliphatic heterocycles. The molecule has 0 saturated heterocycles. The van der Waals surface area contributed by atoms with Gasteiger partial charge in [-0.1, -0.05) is 15.9 Å². The van der Waals surface area contributed by atoms with Gasteiger partial charge in [0.05, 0.1) is 6.10 Å². The molecule has 100 valence electrons. The molecule has 0 spiro atoms. The van der Waals surface area contributed by atoms with E-state index in [1.807, 2.05) is 30.1 Å². The van der Waals surface area contributed by atoms with E-state index in [0.29, 0.717) is 13.0 Å². The fourth-order valence-electron chi connectivity index (χ4n) is 1.72. The fourth-order valence-corrected chi connectivity index (χ4v) is 2.10. The lowest BCUT2D eigenvalue weighted by molar-refractivity contribution is -0.120. The Balaban J connectivity index is 2.84. The van der Waals surface area contributed by atoms with Crippen LogP contribution in [0.5, 0.6) is 0 Å². The molecule has 0 bridgehead atoms. The van der Waals surface area contributed by atoms with Gasteiger partial charge in [-0.15, -0.1) is 0 Å². The summed E-state index contributed by atoms with van der Waals surface area (Å²) in [6.07, 6.45) is -0.109. The minimum Gasteiger partial charge on any atom is -0.389 e. The quantitative estimate of drug-likeness (QED) is 0.875. The van der Waals surface area contributed by atoms with E-state index in [1.165, 1.54) is 0 Å². The first-order chi connectivity index (χ1) is 8.45. The first-order valence-electron chi connectivity index (χ1n) is 5.85. The van der Waals surface area contributed by atoms with Gasteiger partial charge in [0.25, 0.3) is 0 Å². The Kier molecular flexibility index (Phi) is 5.62. The lowest BCUT2D eigenvalue weighted by atomic mass is 10.1. The summed E-state index contributed by atoms with van der Waals surface area (Å²) in [5.41, 5.74) is 1.79. The molecule has 0 saturated carbocycles. The third-order valence-electron chi connectivity index (χ3n) is 2.80. The summed E-state index contributed by atoms with van der Waals surface area (Å²) in [6, 6.07) is 5.77. The topological polar surface area (TPSA) is 52.6 Å². The molecule has 1 rings (SSSR count). The van der Waals surface area contributed by atoms with E-state index in [-0.39, 0.29) is 5.91 Å². The van der Waals surface area contributed by atoms with Crippen molar-refractivity contribution in [2.45, 2.75) is 19.4 Å². The van der Waals surface area contributed by atoms with Gasteiger partial charge in [0, 0.05) is 42.8 Å². The first-order valence-corrected chi connectivity index (χ1v) is 6.64. The number of aliphatic hydroxyl groups is 1. The van der Waals surface area contributed by atoms with Crippen LogP contribution in [0.25, 0.3) is 0 Å². The van der Waals surface area contributed by atoms with Gasteiger partial charge in [-0.2, -0.15) is 0 Å². The molecule has 0 aliphatic rings. The van der Waals surface area contributed by atoms with E-state index in [9.17, 15) is 9.90 Å². The molecule has 5 heteroatoms. The largest absolute Gasteiger partial charge is 0.389 e. The van der Waals surface area contributed by atoms with Gasteiger partial charge in [0.2, 0.25) is 5.91 Å². The lowest BCUT2D eigenvalue weighted by Crippen LogP contribution is -2.27. The van der Waals surface area contributed by atoms with Gasteiger partial charge in [0.1, 0.15) is 0 Å². The standard InChI is InChI=1S/C13H19BrN2O2/c1-9(17)11-8-10(14)4-5-12(11)16(3)7-6-13(18)15-2/h4-5,8-9,17H,6-7H2,1-3H3,(H,15,18). The maximum absolute atomic E-state index is 11.2. The molecule has 1 unspecified atom stereocenters. The van der Waals surface area contributed by atoms with E-state index < -0.39 is 6.10 Å². The Hall–Kier alpha value is -1.07. The molecule has 0 aliphatic carbocycles. The van der Waals surface area contributed by atoms with Gasteiger partial charge in [-0.05, 0) is 25.1 Å². The van der Waals surface area contributed by atoms with Crippen molar-refractivity contribution >= 4 is 27.5 Å². The summed E-state index contributed by atoms with van der Waals surface area (Å²) in [5, 5.41) is 12.4. The number of rotatable bonds is 5. The molecule has 1 amide bonds. The normalized spacial score (nSPS) is 12.1. The number of carbonyl (C=O) groups is 1. The highest BCUT2D eigenvalue weighted by Gasteiger charge is 2.12. The van der Waals surface area contributed by atoms with Crippen LogP contribution in [0.1, 0.15) is 25.0 Å². The second-order valence-corrected chi connectivity index (χ2v) is 5.14. The molecule has 4 nitrogen and oxygen atoms in total. The van der Waals surface area contributed by atoms with Crippen molar-refractivity contribution in [3.8, 4) is 0 Å². The van der Waals surface area contributed by atoms with E-state index in [1.54, 1.807) is 14.0 Å². The van der Waals surface area contributed by atoms with E-state index in [4.69, 9.17) is 0 Å². The number of carbonyl (C=O) groups excluding carboxylic acids is 1. The number of anilines is 1. The monoisotopic (exact) mass is 314 g/mol. The van der Waals surface area contributed by atoms with Crippen LogP contribution in [0, 0.1) is 0 Å². The highest BCUT2D eigenvalue weighted by atomic mass is 79.9. The average Bonchev–Trinajstić information content (AvgIpc) is 2.35. The minimum absolute atomic E-state index is 0.0116. The van der Waals surface area contributed by atoms with Crippen LogP contribution in [-0.2, 0) is 4.79 Å². The van der Waals surface area contributed by atoms with Gasteiger partial charge in [-0.25, -0.2) is 0 Å². The Morgan fingerprint density at radius 1 is 1.56 bits per heavy atom. The maximum Gasteiger partial charge on any atom is 0.221 e. The predicted molar refractivity (Wildman–Crippen MR) is 76.7 cm³/mol. The van der Waals surface area contributed by atoms with Crippen molar-refractivity contribution in [3.63, 3.8) is 0 Å². The van der Waals surface area contributed by atoms with Gasteiger partial charge in [0.15, 0.2) is 0 Å². The van der Waals surface area contributed by atoms with Crippen molar-refractivity contribution < 1.29 is 9.90 Å². The van der Waals surface area contributed by atoms with Crippen LogP contribution in [0.4, 0.5) is 5.69 Å². The summed E-state index contributed by atoms with van der Waals surface area (Å²) >= 11 is 3.39. The molecular formula is C13H19BrN2O2. The summed E-state index contributed by atoms with van der Waals surface area (Å²) in [6.45, 7) is 2.35. The molecule has 1 atom stereocenters. The predicted octanol–water partition coefficient (Wildman–Crippen LogP) is 2.07. The molecule has 0 radical (unpaired) electrons. The van der Waals surface area contributed by atoms with Crippen LogP contribution >= 0.6 is 15.9 Å². The second kappa shape index (κ2) is 6.75. The number of halogens is 1. The van der Waals surface area contributed by atoms with Crippen LogP contribution in [-0.4, -0.2) is 31.7 Å². The first kappa shape index (κ1) is 15.0. The number of benzene rings is 1. The van der Waals surface area contributed by atoms with Crippen LogP contribution < -0.4 is 10.2 Å². The summed E-state index contributed by atoms with van der Waals surface area (Å²) in [7, 11) is 3.54.